The fraction of sp³-hybridized carbons (Fsp3) is 0.143. The van der Waals surface area contributed by atoms with Crippen LogP contribution in [-0.2, 0) is 0 Å². The van der Waals surface area contributed by atoms with E-state index in [2.05, 4.69) is 4.74 Å². The van der Waals surface area contributed by atoms with Crippen molar-refractivity contribution in [1.29, 1.82) is 5.26 Å². The van der Waals surface area contributed by atoms with Crippen LogP contribution in [0.5, 0.6) is 11.5 Å². The van der Waals surface area contributed by atoms with E-state index in [-0.39, 0.29) is 0 Å². The number of aromatic hydroxyl groups is 1. The molecule has 0 aliphatic carbocycles. The number of alkyl halides is 3. The first kappa shape index (κ1) is 10.9. The minimum Gasteiger partial charge on any atom is -0.505 e. The summed E-state index contributed by atoms with van der Waals surface area (Å²) in [7, 11) is 0. The first-order valence-corrected chi connectivity index (χ1v) is 3.45. The van der Waals surface area contributed by atoms with E-state index >= 15 is 0 Å². The molecule has 0 aromatic carbocycles. The number of aromatic nitrogens is 1. The van der Waals surface area contributed by atoms with Gasteiger partial charge < -0.3 is 14.8 Å². The number of pyridine rings is 1. The third-order valence-electron chi connectivity index (χ3n) is 1.32. The lowest BCUT2D eigenvalue weighted by atomic mass is 10.3. The first-order chi connectivity index (χ1) is 6.83. The smallest absolute Gasteiger partial charge is 0.505 e. The van der Waals surface area contributed by atoms with Crippen molar-refractivity contribution in [3.8, 4) is 17.6 Å². The molecule has 1 heterocycles. The summed E-state index contributed by atoms with van der Waals surface area (Å²) >= 11 is 0. The Morgan fingerprint density at radius 3 is 2.60 bits per heavy atom. The topological polar surface area (TPSA) is 86.1 Å². The number of hydrogen-bond acceptors (Lipinski definition) is 4. The van der Waals surface area contributed by atoms with Crippen LogP contribution in [0.15, 0.2) is 10.9 Å². The molecule has 15 heavy (non-hydrogen) atoms. The highest BCUT2D eigenvalue weighted by Crippen LogP contribution is 2.23. The lowest BCUT2D eigenvalue weighted by Crippen LogP contribution is -2.22. The molecule has 0 spiro atoms. The van der Waals surface area contributed by atoms with E-state index in [0.29, 0.717) is 6.07 Å². The van der Waals surface area contributed by atoms with Crippen molar-refractivity contribution < 1.29 is 23.0 Å². The van der Waals surface area contributed by atoms with Crippen LogP contribution < -0.4 is 10.3 Å². The van der Waals surface area contributed by atoms with E-state index in [1.54, 1.807) is 4.98 Å². The Hall–Kier alpha value is -2.17. The molecule has 0 saturated carbocycles. The summed E-state index contributed by atoms with van der Waals surface area (Å²) in [5, 5.41) is 17.3. The van der Waals surface area contributed by atoms with Gasteiger partial charge in [-0.3, -0.25) is 4.79 Å². The average molecular weight is 220 g/mol. The number of aromatic amines is 1. The quantitative estimate of drug-likeness (QED) is 0.734. The maximum atomic E-state index is 11.7. The van der Waals surface area contributed by atoms with Gasteiger partial charge in [0, 0.05) is 6.07 Å². The van der Waals surface area contributed by atoms with Gasteiger partial charge in [0.15, 0.2) is 17.2 Å². The Balaban J connectivity index is 3.19. The van der Waals surface area contributed by atoms with Gasteiger partial charge in [-0.25, -0.2) is 0 Å². The lowest BCUT2D eigenvalue weighted by molar-refractivity contribution is -0.275. The molecule has 1 aromatic rings. The molecule has 5 nitrogen and oxygen atoms in total. The minimum atomic E-state index is -5.03. The highest BCUT2D eigenvalue weighted by atomic mass is 19.4. The Morgan fingerprint density at radius 1 is 1.53 bits per heavy atom. The number of halogens is 3. The standard InChI is InChI=1S/C7H3F3N2O3/c8-7(9,10)15-5-1-4(13)3(2-11)12-6(5)14/h1,13H,(H,12,14). The van der Waals surface area contributed by atoms with Crippen LogP contribution in [0.1, 0.15) is 5.69 Å². The fourth-order valence-corrected chi connectivity index (χ4v) is 0.787. The molecule has 0 aliphatic heterocycles. The van der Waals surface area contributed by atoms with Crippen molar-refractivity contribution >= 4 is 0 Å². The SMILES string of the molecule is N#Cc1[nH]c(=O)c(OC(F)(F)F)cc1O. The van der Waals surface area contributed by atoms with E-state index in [9.17, 15) is 18.0 Å². The highest BCUT2D eigenvalue weighted by Gasteiger charge is 2.32. The molecule has 0 aliphatic rings. The maximum absolute atomic E-state index is 11.7. The third kappa shape index (κ3) is 2.63. The second-order valence-electron chi connectivity index (χ2n) is 2.38. The maximum Gasteiger partial charge on any atom is 0.573 e. The van der Waals surface area contributed by atoms with Gasteiger partial charge in [0.1, 0.15) is 6.07 Å². The van der Waals surface area contributed by atoms with E-state index in [1.165, 1.54) is 6.07 Å². The van der Waals surface area contributed by atoms with Crippen molar-refractivity contribution in [2.75, 3.05) is 0 Å². The van der Waals surface area contributed by atoms with Gasteiger partial charge in [0.25, 0.3) is 5.56 Å². The molecule has 2 N–H and O–H groups in total. The zero-order valence-corrected chi connectivity index (χ0v) is 6.92. The number of nitrogens with one attached hydrogen (secondary N) is 1. The highest BCUT2D eigenvalue weighted by molar-refractivity contribution is 5.40. The van der Waals surface area contributed by atoms with Crippen LogP contribution >= 0.6 is 0 Å². The monoisotopic (exact) mass is 220 g/mol. The summed E-state index contributed by atoms with van der Waals surface area (Å²) in [5.41, 5.74) is -1.78. The lowest BCUT2D eigenvalue weighted by Gasteiger charge is -2.07. The number of rotatable bonds is 1. The summed E-state index contributed by atoms with van der Waals surface area (Å²) in [6.45, 7) is 0. The van der Waals surface area contributed by atoms with Crippen molar-refractivity contribution in [3.63, 3.8) is 0 Å². The molecule has 0 fully saturated rings. The van der Waals surface area contributed by atoms with Gasteiger partial charge in [-0.1, -0.05) is 0 Å². The van der Waals surface area contributed by atoms with Crippen LogP contribution in [0.3, 0.4) is 0 Å². The fourth-order valence-electron chi connectivity index (χ4n) is 0.787. The molecule has 0 atom stereocenters. The molecule has 0 amide bonds. The first-order valence-electron chi connectivity index (χ1n) is 3.45. The zero-order valence-electron chi connectivity index (χ0n) is 6.92. The summed E-state index contributed by atoms with van der Waals surface area (Å²) in [6, 6.07) is 1.81. The Labute approximate surface area is 80.3 Å². The predicted octanol–water partition coefficient (Wildman–Crippen LogP) is 0.851. The van der Waals surface area contributed by atoms with E-state index in [0.717, 1.165) is 0 Å². The Kier molecular flexibility index (Phi) is 2.57. The molecule has 8 heteroatoms. The van der Waals surface area contributed by atoms with Gasteiger partial charge in [-0.05, 0) is 0 Å². The van der Waals surface area contributed by atoms with Gasteiger partial charge in [-0.15, -0.1) is 13.2 Å². The second kappa shape index (κ2) is 3.53. The summed E-state index contributed by atoms with van der Waals surface area (Å²) in [5.74, 6) is -1.92. The van der Waals surface area contributed by atoms with Crippen LogP contribution in [0, 0.1) is 11.3 Å². The van der Waals surface area contributed by atoms with Crippen molar-refractivity contribution in [2.45, 2.75) is 6.36 Å². The number of nitriles is 1. The number of hydrogen-bond donors (Lipinski definition) is 2. The van der Waals surface area contributed by atoms with Gasteiger partial charge in [-0.2, -0.15) is 5.26 Å². The molecule has 0 unspecified atom stereocenters. The molecule has 1 rings (SSSR count). The minimum absolute atomic E-state index is 0.422. The summed E-state index contributed by atoms with van der Waals surface area (Å²) < 4.78 is 38.4. The summed E-state index contributed by atoms with van der Waals surface area (Å²) in [4.78, 5) is 12.6. The van der Waals surface area contributed by atoms with Crippen molar-refractivity contribution in [2.24, 2.45) is 0 Å². The number of nitrogens with zero attached hydrogens (tertiary/aromatic N) is 1. The molecule has 0 radical (unpaired) electrons. The molecular weight excluding hydrogens is 217 g/mol. The third-order valence-corrected chi connectivity index (χ3v) is 1.32. The second-order valence-corrected chi connectivity index (χ2v) is 2.38. The number of ether oxygens (including phenoxy) is 1. The van der Waals surface area contributed by atoms with Gasteiger partial charge in [0.2, 0.25) is 0 Å². The molecule has 0 bridgehead atoms. The van der Waals surface area contributed by atoms with Gasteiger partial charge >= 0.3 is 6.36 Å². The molecule has 80 valence electrons. The Morgan fingerprint density at radius 2 is 2.13 bits per heavy atom. The zero-order chi connectivity index (χ0) is 11.6. The van der Waals surface area contributed by atoms with Crippen LogP contribution in [-0.4, -0.2) is 16.5 Å². The summed E-state index contributed by atoms with van der Waals surface area (Å²) in [6.07, 6.45) is -5.03. The van der Waals surface area contributed by atoms with Crippen molar-refractivity contribution in [3.05, 3.63) is 22.1 Å². The molecule has 0 saturated heterocycles. The van der Waals surface area contributed by atoms with E-state index in [4.69, 9.17) is 10.4 Å². The van der Waals surface area contributed by atoms with Crippen molar-refractivity contribution in [1.82, 2.24) is 4.98 Å². The molecular formula is C7H3F3N2O3. The normalized spacial score (nSPS) is 10.8. The van der Waals surface area contributed by atoms with Gasteiger partial charge in [0.05, 0.1) is 0 Å². The number of H-pyrrole nitrogens is 1. The van der Waals surface area contributed by atoms with Crippen LogP contribution in [0.2, 0.25) is 0 Å². The molecule has 1 aromatic heterocycles. The van der Waals surface area contributed by atoms with Crippen LogP contribution in [0.4, 0.5) is 13.2 Å². The Bertz CT molecular complexity index is 472. The predicted molar refractivity (Wildman–Crippen MR) is 40.1 cm³/mol. The average Bonchev–Trinajstić information content (AvgIpc) is 2.08. The van der Waals surface area contributed by atoms with E-state index in [1.807, 2.05) is 0 Å². The largest absolute Gasteiger partial charge is 0.573 e. The van der Waals surface area contributed by atoms with E-state index < -0.39 is 29.1 Å². The van der Waals surface area contributed by atoms with Crippen LogP contribution in [0.25, 0.3) is 0 Å².